The molecule has 0 aliphatic heterocycles. The largest absolute Gasteiger partial charge is 0.395 e. The number of nitrogens with two attached hydrogens (primary N) is 1. The molecule has 0 aliphatic carbocycles. The van der Waals surface area contributed by atoms with Gasteiger partial charge in [-0.25, -0.2) is 0 Å². The van der Waals surface area contributed by atoms with Crippen LogP contribution in [-0.4, -0.2) is 47.3 Å². The molecule has 1 amide bonds. The Balaban J connectivity index is 2.73. The van der Waals surface area contributed by atoms with E-state index in [9.17, 15) is 4.79 Å². The van der Waals surface area contributed by atoms with E-state index in [1.54, 1.807) is 12.1 Å². The average Bonchev–Trinajstić information content (AvgIpc) is 2.38. The SMILES string of the molecule is N[C@@H](C(=O)N(CCO)CCO)c1ccccc1. The minimum absolute atomic E-state index is 0.146. The summed E-state index contributed by atoms with van der Waals surface area (Å²) >= 11 is 0. The molecule has 0 heterocycles. The van der Waals surface area contributed by atoms with Crippen LogP contribution in [0, 0.1) is 0 Å². The second-order valence-corrected chi connectivity index (χ2v) is 3.66. The van der Waals surface area contributed by atoms with Gasteiger partial charge >= 0.3 is 0 Å². The van der Waals surface area contributed by atoms with Crippen molar-refractivity contribution in [2.75, 3.05) is 26.3 Å². The Kier molecular flexibility index (Phi) is 5.62. The lowest BCUT2D eigenvalue weighted by molar-refractivity contribution is -0.133. The van der Waals surface area contributed by atoms with E-state index in [4.69, 9.17) is 15.9 Å². The van der Waals surface area contributed by atoms with Crippen LogP contribution in [0.1, 0.15) is 11.6 Å². The van der Waals surface area contributed by atoms with Crippen molar-refractivity contribution in [2.45, 2.75) is 6.04 Å². The van der Waals surface area contributed by atoms with E-state index >= 15 is 0 Å². The summed E-state index contributed by atoms with van der Waals surface area (Å²) in [5.74, 6) is -0.292. The second kappa shape index (κ2) is 7.01. The number of hydrogen-bond acceptors (Lipinski definition) is 4. The number of carbonyl (C=O) groups excluding carboxylic acids is 1. The van der Waals surface area contributed by atoms with Gasteiger partial charge < -0.3 is 20.8 Å². The molecule has 1 aromatic rings. The van der Waals surface area contributed by atoms with Crippen molar-refractivity contribution in [1.29, 1.82) is 0 Å². The Morgan fingerprint density at radius 2 is 1.71 bits per heavy atom. The summed E-state index contributed by atoms with van der Waals surface area (Å²) in [5, 5.41) is 17.7. The van der Waals surface area contributed by atoms with Crippen molar-refractivity contribution in [3.63, 3.8) is 0 Å². The van der Waals surface area contributed by atoms with Gasteiger partial charge in [-0.05, 0) is 5.56 Å². The van der Waals surface area contributed by atoms with E-state index in [1.807, 2.05) is 18.2 Å². The molecule has 0 unspecified atom stereocenters. The zero-order chi connectivity index (χ0) is 12.7. The molecule has 17 heavy (non-hydrogen) atoms. The number of aliphatic hydroxyl groups excluding tert-OH is 2. The van der Waals surface area contributed by atoms with Crippen LogP contribution in [0.5, 0.6) is 0 Å². The van der Waals surface area contributed by atoms with Crippen LogP contribution in [0.3, 0.4) is 0 Å². The van der Waals surface area contributed by atoms with Gasteiger partial charge in [-0.1, -0.05) is 30.3 Å². The molecule has 5 nitrogen and oxygen atoms in total. The highest BCUT2D eigenvalue weighted by atomic mass is 16.3. The van der Waals surface area contributed by atoms with E-state index < -0.39 is 6.04 Å². The fourth-order valence-corrected chi connectivity index (χ4v) is 1.57. The Morgan fingerprint density at radius 1 is 1.18 bits per heavy atom. The van der Waals surface area contributed by atoms with Crippen LogP contribution >= 0.6 is 0 Å². The normalized spacial score (nSPS) is 12.2. The zero-order valence-electron chi connectivity index (χ0n) is 9.62. The Bertz CT molecular complexity index is 337. The van der Waals surface area contributed by atoms with Gasteiger partial charge in [0.1, 0.15) is 6.04 Å². The highest BCUT2D eigenvalue weighted by Gasteiger charge is 2.21. The second-order valence-electron chi connectivity index (χ2n) is 3.66. The monoisotopic (exact) mass is 238 g/mol. The fourth-order valence-electron chi connectivity index (χ4n) is 1.57. The van der Waals surface area contributed by atoms with Gasteiger partial charge in [0.15, 0.2) is 0 Å². The molecular weight excluding hydrogens is 220 g/mol. The fraction of sp³-hybridized carbons (Fsp3) is 0.417. The lowest BCUT2D eigenvalue weighted by atomic mass is 10.1. The first-order valence-corrected chi connectivity index (χ1v) is 5.51. The van der Waals surface area contributed by atoms with Crippen molar-refractivity contribution in [2.24, 2.45) is 5.73 Å². The third-order valence-electron chi connectivity index (χ3n) is 2.48. The Hall–Kier alpha value is -1.43. The number of amides is 1. The predicted octanol–water partition coefficient (Wildman–Crippen LogP) is -0.500. The molecule has 4 N–H and O–H groups in total. The summed E-state index contributed by atoms with van der Waals surface area (Å²) in [6.07, 6.45) is 0. The van der Waals surface area contributed by atoms with Crippen LogP contribution in [0.2, 0.25) is 0 Å². The lowest BCUT2D eigenvalue weighted by Gasteiger charge is -2.24. The van der Waals surface area contributed by atoms with E-state index in [2.05, 4.69) is 0 Å². The molecule has 1 rings (SSSR count). The third-order valence-corrected chi connectivity index (χ3v) is 2.48. The molecule has 1 aromatic carbocycles. The van der Waals surface area contributed by atoms with Gasteiger partial charge in [0, 0.05) is 13.1 Å². The van der Waals surface area contributed by atoms with E-state index in [-0.39, 0.29) is 32.2 Å². The third kappa shape index (κ3) is 3.81. The topological polar surface area (TPSA) is 86.8 Å². The number of carbonyl (C=O) groups is 1. The molecule has 0 spiro atoms. The standard InChI is InChI=1S/C12H18N2O3/c13-11(10-4-2-1-3-5-10)12(17)14(6-8-15)7-9-16/h1-5,11,15-16H,6-9,13H2/t11-/m1/s1. The van der Waals surface area contributed by atoms with Crippen LogP contribution in [0.15, 0.2) is 30.3 Å². The minimum atomic E-state index is -0.755. The molecule has 0 saturated carbocycles. The summed E-state index contributed by atoms with van der Waals surface area (Å²) in [6, 6.07) is 8.27. The van der Waals surface area contributed by atoms with Crippen molar-refractivity contribution in [3.8, 4) is 0 Å². The van der Waals surface area contributed by atoms with Crippen molar-refractivity contribution in [3.05, 3.63) is 35.9 Å². The highest BCUT2D eigenvalue weighted by molar-refractivity contribution is 5.83. The minimum Gasteiger partial charge on any atom is -0.395 e. The summed E-state index contributed by atoms with van der Waals surface area (Å²) in [7, 11) is 0. The molecule has 5 heteroatoms. The molecule has 0 aromatic heterocycles. The van der Waals surface area contributed by atoms with Crippen molar-refractivity contribution >= 4 is 5.91 Å². The molecule has 0 saturated heterocycles. The number of hydrogen-bond donors (Lipinski definition) is 3. The first-order valence-electron chi connectivity index (χ1n) is 5.51. The number of benzene rings is 1. The molecule has 0 aliphatic rings. The predicted molar refractivity (Wildman–Crippen MR) is 64.1 cm³/mol. The van der Waals surface area contributed by atoms with E-state index in [1.165, 1.54) is 4.90 Å². The van der Waals surface area contributed by atoms with Crippen molar-refractivity contribution in [1.82, 2.24) is 4.90 Å². The molecule has 94 valence electrons. The zero-order valence-corrected chi connectivity index (χ0v) is 9.62. The average molecular weight is 238 g/mol. The summed E-state index contributed by atoms with van der Waals surface area (Å²) < 4.78 is 0. The first kappa shape index (κ1) is 13.6. The van der Waals surface area contributed by atoms with Crippen LogP contribution < -0.4 is 5.73 Å². The van der Waals surface area contributed by atoms with Crippen LogP contribution in [-0.2, 0) is 4.79 Å². The summed E-state index contributed by atoms with van der Waals surface area (Å²) in [4.78, 5) is 13.4. The van der Waals surface area contributed by atoms with Gasteiger partial charge in [0.25, 0.3) is 0 Å². The summed E-state index contributed by atoms with van der Waals surface area (Å²) in [6.45, 7) is 0.0698. The van der Waals surface area contributed by atoms with Gasteiger partial charge in [-0.3, -0.25) is 4.79 Å². The maximum atomic E-state index is 12.0. The first-order chi connectivity index (χ1) is 8.20. The Morgan fingerprint density at radius 3 is 2.18 bits per heavy atom. The maximum absolute atomic E-state index is 12.0. The molecule has 0 fully saturated rings. The smallest absolute Gasteiger partial charge is 0.244 e. The summed E-state index contributed by atoms with van der Waals surface area (Å²) in [5.41, 5.74) is 6.57. The van der Waals surface area contributed by atoms with Crippen LogP contribution in [0.4, 0.5) is 0 Å². The molecule has 0 bridgehead atoms. The van der Waals surface area contributed by atoms with Gasteiger partial charge in [-0.15, -0.1) is 0 Å². The number of nitrogens with zero attached hydrogens (tertiary/aromatic N) is 1. The lowest BCUT2D eigenvalue weighted by Crippen LogP contribution is -2.41. The van der Waals surface area contributed by atoms with E-state index in [0.29, 0.717) is 0 Å². The van der Waals surface area contributed by atoms with Gasteiger partial charge in [-0.2, -0.15) is 0 Å². The molecular formula is C12H18N2O3. The quantitative estimate of drug-likeness (QED) is 0.623. The van der Waals surface area contributed by atoms with E-state index in [0.717, 1.165) is 5.56 Å². The van der Waals surface area contributed by atoms with Gasteiger partial charge in [0.2, 0.25) is 5.91 Å². The number of aliphatic hydroxyl groups is 2. The molecule has 0 radical (unpaired) electrons. The Labute approximate surface area is 100 Å². The number of rotatable bonds is 6. The highest BCUT2D eigenvalue weighted by Crippen LogP contribution is 2.12. The van der Waals surface area contributed by atoms with Crippen LogP contribution in [0.25, 0.3) is 0 Å². The van der Waals surface area contributed by atoms with Gasteiger partial charge in [0.05, 0.1) is 13.2 Å². The maximum Gasteiger partial charge on any atom is 0.244 e. The molecule has 1 atom stereocenters. The van der Waals surface area contributed by atoms with Crippen molar-refractivity contribution < 1.29 is 15.0 Å².